The van der Waals surface area contributed by atoms with E-state index in [0.29, 0.717) is 23.9 Å². The number of rotatable bonds is 8. The van der Waals surface area contributed by atoms with Crippen molar-refractivity contribution < 1.29 is 9.53 Å². The van der Waals surface area contributed by atoms with Crippen molar-refractivity contribution in [3.8, 4) is 5.75 Å². The average Bonchev–Trinajstić information content (AvgIpc) is 3.10. The first-order chi connectivity index (χ1) is 12.7. The second-order valence-electron chi connectivity index (χ2n) is 5.43. The Morgan fingerprint density at radius 1 is 1.15 bits per heavy atom. The molecule has 0 fully saturated rings. The number of hydrogen-bond donors (Lipinski definition) is 1. The van der Waals surface area contributed by atoms with Crippen LogP contribution in [0.15, 0.2) is 53.7 Å². The second-order valence-corrected chi connectivity index (χ2v) is 7.54. The molecule has 0 saturated carbocycles. The number of nitrogens with one attached hydrogen (secondary N) is 1. The third-order valence-electron chi connectivity index (χ3n) is 3.34. The number of anilines is 1. The van der Waals surface area contributed by atoms with Gasteiger partial charge in [-0.05, 0) is 31.2 Å². The van der Waals surface area contributed by atoms with Gasteiger partial charge in [-0.25, -0.2) is 0 Å². The summed E-state index contributed by atoms with van der Waals surface area (Å²) in [6, 6.07) is 11.7. The van der Waals surface area contributed by atoms with Gasteiger partial charge in [-0.15, -0.1) is 22.0 Å². The molecule has 1 amide bonds. The Kier molecular flexibility index (Phi) is 6.56. The van der Waals surface area contributed by atoms with Gasteiger partial charge in [0.05, 0.1) is 12.4 Å². The van der Waals surface area contributed by atoms with Crippen LogP contribution in [-0.2, 0) is 11.2 Å². The lowest BCUT2D eigenvalue weighted by Crippen LogP contribution is -2.13. The van der Waals surface area contributed by atoms with Crippen LogP contribution in [0.1, 0.15) is 10.6 Å². The molecular formula is C18H18N4O2S2. The first-order valence-electron chi connectivity index (χ1n) is 8.03. The Morgan fingerprint density at radius 3 is 2.69 bits per heavy atom. The molecule has 0 aliphatic carbocycles. The van der Waals surface area contributed by atoms with Gasteiger partial charge in [0.2, 0.25) is 11.0 Å². The molecule has 0 radical (unpaired) electrons. The fourth-order valence-electron chi connectivity index (χ4n) is 2.03. The summed E-state index contributed by atoms with van der Waals surface area (Å²) in [6.45, 7) is 2.56. The summed E-state index contributed by atoms with van der Waals surface area (Å²) in [5.74, 6) is 1.04. The number of carbonyl (C=O) groups is 1. The van der Waals surface area contributed by atoms with E-state index in [2.05, 4.69) is 20.5 Å². The lowest BCUT2D eigenvalue weighted by atomic mass is 10.2. The third kappa shape index (κ3) is 5.82. The molecule has 0 aliphatic rings. The number of nitrogens with zero attached hydrogens (tertiary/aromatic N) is 3. The number of ether oxygens (including phenoxy) is 1. The van der Waals surface area contributed by atoms with E-state index in [0.717, 1.165) is 15.7 Å². The van der Waals surface area contributed by atoms with Crippen molar-refractivity contribution in [3.05, 3.63) is 59.4 Å². The molecule has 0 unspecified atom stereocenters. The van der Waals surface area contributed by atoms with Gasteiger partial charge in [0, 0.05) is 23.7 Å². The molecule has 0 aliphatic heterocycles. The van der Waals surface area contributed by atoms with Gasteiger partial charge < -0.3 is 4.74 Å². The fourth-order valence-corrected chi connectivity index (χ4v) is 3.46. The molecule has 26 heavy (non-hydrogen) atoms. The van der Waals surface area contributed by atoms with Gasteiger partial charge in [0.15, 0.2) is 0 Å². The predicted octanol–water partition coefficient (Wildman–Crippen LogP) is 3.59. The molecule has 1 aromatic carbocycles. The van der Waals surface area contributed by atoms with Crippen molar-refractivity contribution in [2.45, 2.75) is 18.2 Å². The molecule has 2 aromatic heterocycles. The minimum absolute atomic E-state index is 0.106. The molecule has 0 saturated heterocycles. The van der Waals surface area contributed by atoms with Crippen LogP contribution in [0.25, 0.3) is 0 Å². The van der Waals surface area contributed by atoms with Crippen molar-refractivity contribution in [1.29, 1.82) is 0 Å². The quantitative estimate of drug-likeness (QED) is 0.596. The fraction of sp³-hybridized carbons (Fsp3) is 0.222. The Balaban J connectivity index is 1.41. The molecule has 6 nitrogen and oxygen atoms in total. The van der Waals surface area contributed by atoms with Crippen LogP contribution in [0.3, 0.4) is 0 Å². The molecule has 3 aromatic rings. The van der Waals surface area contributed by atoms with Crippen molar-refractivity contribution in [1.82, 2.24) is 15.2 Å². The molecule has 8 heteroatoms. The van der Waals surface area contributed by atoms with Crippen molar-refractivity contribution in [2.24, 2.45) is 0 Å². The van der Waals surface area contributed by atoms with Crippen LogP contribution in [0.2, 0.25) is 0 Å². The number of carbonyl (C=O) groups excluding carboxylic acids is 1. The molecule has 3 rings (SSSR count). The standard InChI is InChI=1S/C18H18N4O2S2/c1-13-2-4-14(5-3-13)24-11-8-17-21-22-18(26-17)20-16(23)12-25-15-6-9-19-10-7-15/h2-7,9-10H,8,11-12H2,1H3,(H,20,22,23). The summed E-state index contributed by atoms with van der Waals surface area (Å²) in [7, 11) is 0. The van der Waals surface area contributed by atoms with Gasteiger partial charge in [0.25, 0.3) is 0 Å². The van der Waals surface area contributed by atoms with Crippen LogP contribution < -0.4 is 10.1 Å². The lowest BCUT2D eigenvalue weighted by molar-refractivity contribution is -0.113. The number of aryl methyl sites for hydroxylation is 1. The van der Waals surface area contributed by atoms with Crippen LogP contribution >= 0.6 is 23.1 Å². The van der Waals surface area contributed by atoms with E-state index >= 15 is 0 Å². The van der Waals surface area contributed by atoms with E-state index in [1.165, 1.54) is 28.7 Å². The van der Waals surface area contributed by atoms with Gasteiger partial charge >= 0.3 is 0 Å². The largest absolute Gasteiger partial charge is 0.493 e. The summed E-state index contributed by atoms with van der Waals surface area (Å²) in [5, 5.41) is 12.2. The van der Waals surface area contributed by atoms with E-state index < -0.39 is 0 Å². The molecule has 0 spiro atoms. The molecule has 0 atom stereocenters. The highest BCUT2D eigenvalue weighted by Gasteiger charge is 2.09. The van der Waals surface area contributed by atoms with Crippen LogP contribution in [0.5, 0.6) is 5.75 Å². The Morgan fingerprint density at radius 2 is 1.92 bits per heavy atom. The van der Waals surface area contributed by atoms with E-state index in [4.69, 9.17) is 4.74 Å². The number of benzene rings is 1. The monoisotopic (exact) mass is 386 g/mol. The Labute approximate surface area is 160 Å². The number of aromatic nitrogens is 3. The van der Waals surface area contributed by atoms with Gasteiger partial charge in [-0.1, -0.05) is 29.0 Å². The summed E-state index contributed by atoms with van der Waals surface area (Å²) in [6.07, 6.45) is 4.05. The zero-order valence-corrected chi connectivity index (χ0v) is 15.8. The van der Waals surface area contributed by atoms with Crippen molar-refractivity contribution in [2.75, 3.05) is 17.7 Å². The van der Waals surface area contributed by atoms with Gasteiger partial charge in [0.1, 0.15) is 10.8 Å². The molecule has 134 valence electrons. The minimum Gasteiger partial charge on any atom is -0.493 e. The molecule has 0 bridgehead atoms. The van der Waals surface area contributed by atoms with Crippen LogP contribution in [0, 0.1) is 6.92 Å². The SMILES string of the molecule is Cc1ccc(OCCc2nnc(NC(=O)CSc3ccncc3)s2)cc1. The van der Waals surface area contributed by atoms with E-state index in [1.807, 2.05) is 43.3 Å². The number of hydrogen-bond acceptors (Lipinski definition) is 7. The van der Waals surface area contributed by atoms with Gasteiger partial charge in [-0.3, -0.25) is 15.1 Å². The second kappa shape index (κ2) is 9.30. The van der Waals surface area contributed by atoms with Crippen LogP contribution in [-0.4, -0.2) is 33.4 Å². The van der Waals surface area contributed by atoms with Gasteiger partial charge in [-0.2, -0.15) is 0 Å². The third-order valence-corrected chi connectivity index (χ3v) is 5.25. The first kappa shape index (κ1) is 18.3. The Bertz CT molecular complexity index is 838. The van der Waals surface area contributed by atoms with Crippen molar-refractivity contribution >= 4 is 34.1 Å². The van der Waals surface area contributed by atoms with Crippen LogP contribution in [0.4, 0.5) is 5.13 Å². The maximum atomic E-state index is 12.0. The zero-order valence-electron chi connectivity index (χ0n) is 14.2. The molecule has 1 N–H and O–H groups in total. The highest BCUT2D eigenvalue weighted by molar-refractivity contribution is 8.00. The van der Waals surface area contributed by atoms with E-state index in [9.17, 15) is 4.79 Å². The highest BCUT2D eigenvalue weighted by Crippen LogP contribution is 2.19. The molecular weight excluding hydrogens is 368 g/mol. The summed E-state index contributed by atoms with van der Waals surface area (Å²) in [5.41, 5.74) is 1.20. The summed E-state index contributed by atoms with van der Waals surface area (Å²) >= 11 is 2.82. The van der Waals surface area contributed by atoms with Crippen molar-refractivity contribution in [3.63, 3.8) is 0 Å². The maximum absolute atomic E-state index is 12.0. The average molecular weight is 387 g/mol. The molecule has 2 heterocycles. The van der Waals surface area contributed by atoms with E-state index in [-0.39, 0.29) is 5.91 Å². The minimum atomic E-state index is -0.106. The zero-order chi connectivity index (χ0) is 18.2. The Hall–Kier alpha value is -2.45. The number of pyridine rings is 1. The summed E-state index contributed by atoms with van der Waals surface area (Å²) < 4.78 is 5.69. The smallest absolute Gasteiger partial charge is 0.236 e. The maximum Gasteiger partial charge on any atom is 0.236 e. The summed E-state index contributed by atoms with van der Waals surface area (Å²) in [4.78, 5) is 16.9. The first-order valence-corrected chi connectivity index (χ1v) is 9.84. The normalized spacial score (nSPS) is 10.5. The lowest BCUT2D eigenvalue weighted by Gasteiger charge is -2.04. The predicted molar refractivity (Wildman–Crippen MR) is 104 cm³/mol. The topological polar surface area (TPSA) is 77.0 Å². The highest BCUT2D eigenvalue weighted by atomic mass is 32.2. The number of thioether (sulfide) groups is 1. The van der Waals surface area contributed by atoms with E-state index in [1.54, 1.807) is 12.4 Å². The number of amides is 1.